The van der Waals surface area contributed by atoms with Crippen molar-refractivity contribution in [1.82, 2.24) is 9.47 Å². The maximum Gasteiger partial charge on any atom is 0.226 e. The number of benzene rings is 1. The molecule has 0 radical (unpaired) electrons. The van der Waals surface area contributed by atoms with Gasteiger partial charge in [-0.1, -0.05) is 50.5 Å². The van der Waals surface area contributed by atoms with Gasteiger partial charge in [-0.2, -0.15) is 0 Å². The van der Waals surface area contributed by atoms with Gasteiger partial charge in [0.2, 0.25) is 5.91 Å². The van der Waals surface area contributed by atoms with Crippen molar-refractivity contribution in [3.05, 3.63) is 59.4 Å². The number of rotatable bonds is 8. The Morgan fingerprint density at radius 1 is 1.15 bits per heavy atom. The second-order valence-corrected chi connectivity index (χ2v) is 7.65. The highest BCUT2D eigenvalue weighted by Gasteiger charge is 2.27. The molecule has 1 amide bonds. The summed E-state index contributed by atoms with van der Waals surface area (Å²) in [5.41, 5.74) is 3.89. The number of aryl methyl sites for hydroxylation is 1. The SMILES string of the molecule is CCCCN(Cc1cccn1Cc1ccccc1C)C(=O)C1CCCC1. The first-order valence-corrected chi connectivity index (χ1v) is 10.2. The van der Waals surface area contributed by atoms with E-state index in [-0.39, 0.29) is 5.92 Å². The number of amides is 1. The summed E-state index contributed by atoms with van der Waals surface area (Å²) >= 11 is 0. The third-order valence-corrected chi connectivity index (χ3v) is 5.68. The summed E-state index contributed by atoms with van der Waals surface area (Å²) in [6, 6.07) is 12.8. The topological polar surface area (TPSA) is 25.2 Å². The molecule has 0 spiro atoms. The van der Waals surface area contributed by atoms with Gasteiger partial charge in [0.05, 0.1) is 6.54 Å². The maximum atomic E-state index is 13.0. The van der Waals surface area contributed by atoms with E-state index in [1.807, 2.05) is 0 Å². The molecule has 1 aromatic carbocycles. The molecule has 26 heavy (non-hydrogen) atoms. The smallest absolute Gasteiger partial charge is 0.226 e. The average molecular weight is 353 g/mol. The Morgan fingerprint density at radius 3 is 2.65 bits per heavy atom. The fraction of sp³-hybridized carbons (Fsp3) is 0.522. The van der Waals surface area contributed by atoms with Gasteiger partial charge in [0.15, 0.2) is 0 Å². The van der Waals surface area contributed by atoms with Crippen molar-refractivity contribution in [3.8, 4) is 0 Å². The molecule has 1 heterocycles. The summed E-state index contributed by atoms with van der Waals surface area (Å²) in [5.74, 6) is 0.631. The zero-order valence-electron chi connectivity index (χ0n) is 16.3. The summed E-state index contributed by atoms with van der Waals surface area (Å²) in [4.78, 5) is 15.1. The molecule has 3 nitrogen and oxygen atoms in total. The molecule has 1 aliphatic rings. The quantitative estimate of drug-likeness (QED) is 0.644. The van der Waals surface area contributed by atoms with E-state index in [1.54, 1.807) is 0 Å². The number of hydrogen-bond acceptors (Lipinski definition) is 1. The van der Waals surface area contributed by atoms with Crippen molar-refractivity contribution in [3.63, 3.8) is 0 Å². The van der Waals surface area contributed by atoms with Crippen LogP contribution < -0.4 is 0 Å². The van der Waals surface area contributed by atoms with Crippen LogP contribution in [0.2, 0.25) is 0 Å². The minimum Gasteiger partial charge on any atom is -0.345 e. The van der Waals surface area contributed by atoms with Crippen LogP contribution in [-0.4, -0.2) is 21.9 Å². The Kier molecular flexibility index (Phi) is 6.54. The van der Waals surface area contributed by atoms with Gasteiger partial charge in [-0.15, -0.1) is 0 Å². The number of unbranched alkanes of at least 4 members (excludes halogenated alkanes) is 1. The summed E-state index contributed by atoms with van der Waals surface area (Å²) in [6.07, 6.45) is 8.91. The van der Waals surface area contributed by atoms with Gasteiger partial charge in [0.1, 0.15) is 0 Å². The monoisotopic (exact) mass is 352 g/mol. The molecular formula is C23H32N2O. The van der Waals surface area contributed by atoms with Crippen molar-refractivity contribution in [2.45, 2.75) is 65.5 Å². The molecule has 2 aromatic rings. The van der Waals surface area contributed by atoms with Crippen LogP contribution in [0.15, 0.2) is 42.6 Å². The van der Waals surface area contributed by atoms with Crippen LogP contribution >= 0.6 is 0 Å². The van der Waals surface area contributed by atoms with Crippen LogP contribution in [0.5, 0.6) is 0 Å². The van der Waals surface area contributed by atoms with Crippen molar-refractivity contribution >= 4 is 5.91 Å². The standard InChI is InChI=1S/C23H32N2O/c1-3-4-15-25(23(26)20-11-7-8-12-20)18-22-14-9-16-24(22)17-21-13-6-5-10-19(21)2/h5-6,9-10,13-14,16,20H,3-4,7-8,11-12,15,17-18H2,1-2H3. The van der Waals surface area contributed by atoms with Gasteiger partial charge in [0.25, 0.3) is 0 Å². The Hall–Kier alpha value is -2.03. The van der Waals surface area contributed by atoms with Crippen molar-refractivity contribution in [2.24, 2.45) is 5.92 Å². The molecule has 0 aliphatic heterocycles. The second kappa shape index (κ2) is 9.07. The van der Waals surface area contributed by atoms with Gasteiger partial charge < -0.3 is 9.47 Å². The summed E-state index contributed by atoms with van der Waals surface area (Å²) in [7, 11) is 0. The molecule has 1 saturated carbocycles. The Bertz CT molecular complexity index is 713. The van der Waals surface area contributed by atoms with Gasteiger partial charge in [-0.25, -0.2) is 0 Å². The minimum atomic E-state index is 0.256. The third kappa shape index (κ3) is 4.57. The summed E-state index contributed by atoms with van der Waals surface area (Å²) in [6.45, 7) is 6.83. The van der Waals surface area contributed by atoms with Gasteiger partial charge in [0, 0.05) is 30.9 Å². The zero-order valence-corrected chi connectivity index (χ0v) is 16.3. The fourth-order valence-electron chi connectivity index (χ4n) is 3.96. The van der Waals surface area contributed by atoms with E-state index in [9.17, 15) is 4.79 Å². The van der Waals surface area contributed by atoms with Gasteiger partial charge in [-0.05, 0) is 49.4 Å². The van der Waals surface area contributed by atoms with E-state index >= 15 is 0 Å². The van der Waals surface area contributed by atoms with Crippen LogP contribution in [-0.2, 0) is 17.9 Å². The molecule has 0 unspecified atom stereocenters. The highest BCUT2D eigenvalue weighted by atomic mass is 16.2. The molecule has 1 fully saturated rings. The average Bonchev–Trinajstić information content (AvgIpc) is 3.32. The third-order valence-electron chi connectivity index (χ3n) is 5.68. The summed E-state index contributed by atoms with van der Waals surface area (Å²) in [5, 5.41) is 0. The number of carbonyl (C=O) groups is 1. The van der Waals surface area contributed by atoms with Gasteiger partial charge in [-0.3, -0.25) is 4.79 Å². The van der Waals surface area contributed by atoms with Crippen LogP contribution in [0.4, 0.5) is 0 Å². The van der Waals surface area contributed by atoms with Crippen LogP contribution in [0.25, 0.3) is 0 Å². The van der Waals surface area contributed by atoms with E-state index in [1.165, 1.54) is 29.7 Å². The van der Waals surface area contributed by atoms with Crippen molar-refractivity contribution < 1.29 is 4.79 Å². The Labute approximate surface area is 158 Å². The highest BCUT2D eigenvalue weighted by molar-refractivity contribution is 5.79. The predicted octanol–water partition coefficient (Wildman–Crippen LogP) is 5.16. The molecule has 1 aromatic heterocycles. The second-order valence-electron chi connectivity index (χ2n) is 7.65. The van der Waals surface area contributed by atoms with Crippen molar-refractivity contribution in [2.75, 3.05) is 6.54 Å². The first-order chi connectivity index (χ1) is 12.7. The normalized spacial score (nSPS) is 14.7. The molecule has 0 atom stereocenters. The summed E-state index contributed by atoms with van der Waals surface area (Å²) < 4.78 is 2.29. The Morgan fingerprint density at radius 2 is 1.92 bits per heavy atom. The number of nitrogens with zero attached hydrogens (tertiary/aromatic N) is 2. The van der Waals surface area contributed by atoms with E-state index in [0.29, 0.717) is 5.91 Å². The zero-order chi connectivity index (χ0) is 18.4. The lowest BCUT2D eigenvalue weighted by Crippen LogP contribution is -2.36. The molecule has 1 aliphatic carbocycles. The lowest BCUT2D eigenvalue weighted by molar-refractivity contribution is -0.136. The maximum absolute atomic E-state index is 13.0. The Balaban J connectivity index is 1.73. The highest BCUT2D eigenvalue weighted by Crippen LogP contribution is 2.27. The molecule has 3 rings (SSSR count). The molecular weight excluding hydrogens is 320 g/mol. The van der Waals surface area contributed by atoms with Crippen molar-refractivity contribution in [1.29, 1.82) is 0 Å². The first-order valence-electron chi connectivity index (χ1n) is 10.2. The van der Waals surface area contributed by atoms with E-state index < -0.39 is 0 Å². The molecule has 3 heteroatoms. The fourth-order valence-corrected chi connectivity index (χ4v) is 3.96. The van der Waals surface area contributed by atoms with E-state index in [0.717, 1.165) is 45.3 Å². The molecule has 0 N–H and O–H groups in total. The van der Waals surface area contributed by atoms with Crippen LogP contribution in [0.1, 0.15) is 62.3 Å². The molecule has 140 valence electrons. The lowest BCUT2D eigenvalue weighted by atomic mass is 10.1. The first kappa shape index (κ1) is 18.8. The lowest BCUT2D eigenvalue weighted by Gasteiger charge is -2.26. The molecule has 0 saturated heterocycles. The van der Waals surface area contributed by atoms with Gasteiger partial charge >= 0.3 is 0 Å². The van der Waals surface area contributed by atoms with E-state index in [4.69, 9.17) is 0 Å². The predicted molar refractivity (Wildman–Crippen MR) is 107 cm³/mol. The van der Waals surface area contributed by atoms with E-state index in [2.05, 4.69) is 65.9 Å². The minimum absolute atomic E-state index is 0.256. The largest absolute Gasteiger partial charge is 0.345 e. The number of hydrogen-bond donors (Lipinski definition) is 0. The number of aromatic nitrogens is 1. The van der Waals surface area contributed by atoms with Crippen LogP contribution in [0, 0.1) is 12.8 Å². The number of carbonyl (C=O) groups excluding carboxylic acids is 1. The van der Waals surface area contributed by atoms with Crippen LogP contribution in [0.3, 0.4) is 0 Å². The molecule has 0 bridgehead atoms.